The third-order valence-electron chi connectivity index (χ3n) is 4.59. The Morgan fingerprint density at radius 1 is 1.14 bits per heavy atom. The molecular weight excluding hydrogens is 377 g/mol. The van der Waals surface area contributed by atoms with E-state index in [4.69, 9.17) is 4.74 Å². The van der Waals surface area contributed by atoms with Crippen molar-refractivity contribution in [2.45, 2.75) is 26.7 Å². The maximum Gasteiger partial charge on any atom is 0.306 e. The summed E-state index contributed by atoms with van der Waals surface area (Å²) in [4.78, 5) is 37.0. The van der Waals surface area contributed by atoms with Crippen molar-refractivity contribution in [3.05, 3.63) is 65.0 Å². The number of fused-ring (bicyclic) bond motifs is 1. The molecule has 0 saturated carbocycles. The molecule has 0 radical (unpaired) electrons. The van der Waals surface area contributed by atoms with Gasteiger partial charge in [0, 0.05) is 24.5 Å². The van der Waals surface area contributed by atoms with Crippen molar-refractivity contribution >= 4 is 34.8 Å². The van der Waals surface area contributed by atoms with Gasteiger partial charge in [-0.25, -0.2) is 9.29 Å². The molecule has 0 saturated heterocycles. The van der Waals surface area contributed by atoms with Crippen LogP contribution >= 0.6 is 0 Å². The van der Waals surface area contributed by atoms with Gasteiger partial charge in [-0.3, -0.25) is 14.4 Å². The third kappa shape index (κ3) is 4.03. The number of esters is 1. The highest BCUT2D eigenvalue weighted by atomic mass is 19.1. The highest BCUT2D eigenvalue weighted by molar-refractivity contribution is 6.42. The van der Waals surface area contributed by atoms with E-state index in [1.807, 2.05) is 0 Å². The largest absolute Gasteiger partial charge is 0.506 e. The number of aliphatic hydroxyl groups excluding tert-OH is 1. The maximum absolute atomic E-state index is 13.6. The van der Waals surface area contributed by atoms with Crippen molar-refractivity contribution in [3.8, 4) is 0 Å². The number of aliphatic hydroxyl groups is 1. The molecule has 1 aliphatic heterocycles. The van der Waals surface area contributed by atoms with Gasteiger partial charge in [0.2, 0.25) is 5.91 Å². The van der Waals surface area contributed by atoms with Crippen LogP contribution in [0.4, 0.5) is 10.1 Å². The average Bonchev–Trinajstić information content (AvgIpc) is 2.97. The number of carbonyl (C=O) groups excluding carboxylic acids is 3. The number of ether oxygens (including phenoxy) is 1. The molecule has 0 bridgehead atoms. The second-order valence-corrected chi connectivity index (χ2v) is 6.55. The summed E-state index contributed by atoms with van der Waals surface area (Å²) in [5.41, 5.74) is 1.57. The maximum atomic E-state index is 13.6. The number of rotatable bonds is 5. The van der Waals surface area contributed by atoms with Crippen LogP contribution in [-0.2, 0) is 25.5 Å². The molecule has 0 unspecified atom stereocenters. The predicted octanol–water partition coefficient (Wildman–Crippen LogP) is 3.64. The van der Waals surface area contributed by atoms with Crippen LogP contribution in [0.15, 0.2) is 42.5 Å². The van der Waals surface area contributed by atoms with E-state index in [9.17, 15) is 23.9 Å². The van der Waals surface area contributed by atoms with Gasteiger partial charge in [-0.2, -0.15) is 0 Å². The van der Waals surface area contributed by atoms with E-state index in [1.165, 1.54) is 19.1 Å². The van der Waals surface area contributed by atoms with Gasteiger partial charge in [0.25, 0.3) is 5.91 Å². The van der Waals surface area contributed by atoms with Crippen LogP contribution in [0.2, 0.25) is 0 Å². The van der Waals surface area contributed by atoms with Gasteiger partial charge in [0.05, 0.1) is 17.9 Å². The minimum Gasteiger partial charge on any atom is -0.506 e. The summed E-state index contributed by atoms with van der Waals surface area (Å²) in [5, 5.41) is 10.7. The molecule has 0 atom stereocenters. The molecule has 1 aliphatic rings. The molecule has 150 valence electrons. The summed E-state index contributed by atoms with van der Waals surface area (Å²) < 4.78 is 18.5. The molecule has 6 nitrogen and oxygen atoms in total. The first-order valence-electron chi connectivity index (χ1n) is 9.16. The molecule has 1 N–H and O–H groups in total. The summed E-state index contributed by atoms with van der Waals surface area (Å²) in [6, 6.07) is 10.3. The molecule has 2 aromatic rings. The van der Waals surface area contributed by atoms with Crippen LogP contribution in [0.1, 0.15) is 37.0 Å². The molecule has 1 heterocycles. The lowest BCUT2D eigenvalue weighted by atomic mass is 10.0. The van der Waals surface area contributed by atoms with Gasteiger partial charge in [0.15, 0.2) is 0 Å². The molecule has 2 aromatic carbocycles. The second-order valence-electron chi connectivity index (χ2n) is 6.55. The quantitative estimate of drug-likeness (QED) is 0.473. The number of amides is 2. The Kier molecular flexibility index (Phi) is 5.77. The Hall–Kier alpha value is -3.48. The van der Waals surface area contributed by atoms with Crippen LogP contribution in [-0.4, -0.2) is 29.5 Å². The summed E-state index contributed by atoms with van der Waals surface area (Å²) in [5.74, 6) is -2.45. The van der Waals surface area contributed by atoms with Crippen LogP contribution < -0.4 is 4.90 Å². The molecule has 7 heteroatoms. The molecular formula is C22H20FNO5. The van der Waals surface area contributed by atoms with Gasteiger partial charge >= 0.3 is 5.97 Å². The van der Waals surface area contributed by atoms with E-state index in [0.29, 0.717) is 18.6 Å². The molecule has 0 aromatic heterocycles. The molecule has 0 fully saturated rings. The van der Waals surface area contributed by atoms with E-state index >= 15 is 0 Å². The smallest absolute Gasteiger partial charge is 0.306 e. The van der Waals surface area contributed by atoms with E-state index in [1.54, 1.807) is 31.2 Å². The lowest BCUT2D eigenvalue weighted by molar-refractivity contribution is -0.143. The fourth-order valence-electron chi connectivity index (χ4n) is 3.23. The van der Waals surface area contributed by atoms with Crippen LogP contribution in [0, 0.1) is 5.82 Å². The third-order valence-corrected chi connectivity index (χ3v) is 4.59. The van der Waals surface area contributed by atoms with E-state index < -0.39 is 17.6 Å². The summed E-state index contributed by atoms with van der Waals surface area (Å²) in [6.07, 6.45) is 0.723. The number of halogens is 1. The SMILES string of the molecule is CCOC(=O)CCc1ccc(/C(O)=C2\C(=O)N(C(C)=O)c3cc(F)ccc32)cc1. The number of benzene rings is 2. The van der Waals surface area contributed by atoms with E-state index in [-0.39, 0.29) is 35.0 Å². The van der Waals surface area contributed by atoms with Gasteiger partial charge in [-0.05, 0) is 37.1 Å². The Morgan fingerprint density at radius 2 is 1.83 bits per heavy atom. The van der Waals surface area contributed by atoms with E-state index in [2.05, 4.69) is 0 Å². The Bertz CT molecular complexity index is 1010. The second kappa shape index (κ2) is 8.26. The molecule has 3 rings (SSSR count). The number of imide groups is 1. The molecule has 29 heavy (non-hydrogen) atoms. The molecule has 0 spiro atoms. The highest BCUT2D eigenvalue weighted by Crippen LogP contribution is 2.40. The summed E-state index contributed by atoms with van der Waals surface area (Å²) in [7, 11) is 0. The topological polar surface area (TPSA) is 83.9 Å². The first-order chi connectivity index (χ1) is 13.8. The average molecular weight is 397 g/mol. The standard InChI is InChI=1S/C22H20FNO5/c1-3-29-19(26)11-6-14-4-7-15(8-5-14)21(27)20-17-10-9-16(23)12-18(17)24(13(2)25)22(20)28/h4-5,7-10,12,27H,3,6,11H2,1-2H3/b21-20+. The van der Waals surface area contributed by atoms with Gasteiger partial charge in [0.1, 0.15) is 11.6 Å². The van der Waals surface area contributed by atoms with Crippen molar-refractivity contribution in [1.82, 2.24) is 0 Å². The first kappa shape index (κ1) is 20.3. The summed E-state index contributed by atoms with van der Waals surface area (Å²) >= 11 is 0. The van der Waals surface area contributed by atoms with Crippen LogP contribution in [0.5, 0.6) is 0 Å². The number of hydrogen-bond acceptors (Lipinski definition) is 5. The zero-order valence-electron chi connectivity index (χ0n) is 16.1. The van der Waals surface area contributed by atoms with E-state index in [0.717, 1.165) is 16.5 Å². The minimum atomic E-state index is -0.706. The lowest BCUT2D eigenvalue weighted by Gasteiger charge is -2.12. The highest BCUT2D eigenvalue weighted by Gasteiger charge is 2.38. The summed E-state index contributed by atoms with van der Waals surface area (Å²) in [6.45, 7) is 3.27. The number of nitrogens with zero attached hydrogens (tertiary/aromatic N) is 1. The van der Waals surface area contributed by atoms with Gasteiger partial charge < -0.3 is 9.84 Å². The first-order valence-corrected chi connectivity index (χ1v) is 9.16. The van der Waals surface area contributed by atoms with Crippen molar-refractivity contribution in [3.63, 3.8) is 0 Å². The predicted molar refractivity (Wildman–Crippen MR) is 105 cm³/mol. The number of hydrogen-bond donors (Lipinski definition) is 1. The van der Waals surface area contributed by atoms with Gasteiger partial charge in [-0.15, -0.1) is 0 Å². The van der Waals surface area contributed by atoms with Crippen molar-refractivity contribution in [2.24, 2.45) is 0 Å². The molecule has 0 aliphatic carbocycles. The number of anilines is 1. The zero-order chi connectivity index (χ0) is 21.1. The van der Waals surface area contributed by atoms with Gasteiger partial charge in [-0.1, -0.05) is 24.3 Å². The Balaban J connectivity index is 1.92. The zero-order valence-corrected chi connectivity index (χ0v) is 16.1. The normalized spacial score (nSPS) is 14.6. The monoisotopic (exact) mass is 397 g/mol. The Morgan fingerprint density at radius 3 is 2.45 bits per heavy atom. The number of aryl methyl sites for hydroxylation is 1. The molecule has 2 amide bonds. The lowest BCUT2D eigenvalue weighted by Crippen LogP contribution is -2.31. The van der Waals surface area contributed by atoms with Crippen molar-refractivity contribution < 1.29 is 28.6 Å². The fraction of sp³-hybridized carbons (Fsp3) is 0.227. The van der Waals surface area contributed by atoms with Crippen molar-refractivity contribution in [1.29, 1.82) is 0 Å². The Labute approximate surface area is 167 Å². The van der Waals surface area contributed by atoms with Crippen LogP contribution in [0.3, 0.4) is 0 Å². The fourth-order valence-corrected chi connectivity index (χ4v) is 3.23. The number of carbonyl (C=O) groups is 3. The minimum absolute atomic E-state index is 0.0607. The van der Waals surface area contributed by atoms with Crippen molar-refractivity contribution in [2.75, 3.05) is 11.5 Å². The van der Waals surface area contributed by atoms with Crippen LogP contribution in [0.25, 0.3) is 11.3 Å².